The second kappa shape index (κ2) is 31.9. The molecule has 77 heavy (non-hydrogen) atoms. The number of carbonyl (C=O) groups is 10. The fourth-order valence-corrected chi connectivity index (χ4v) is 10.3. The van der Waals surface area contributed by atoms with Crippen molar-refractivity contribution in [3.63, 3.8) is 0 Å². The molecule has 20 N–H and O–H groups in total. The van der Waals surface area contributed by atoms with Crippen molar-refractivity contribution >= 4 is 92.6 Å². The molecule has 2 aliphatic rings. The number of primary amides is 2. The van der Waals surface area contributed by atoms with Gasteiger partial charge in [-0.1, -0.05) is 64.1 Å². The summed E-state index contributed by atoms with van der Waals surface area (Å²) in [5, 5.41) is 28.3. The van der Waals surface area contributed by atoms with Gasteiger partial charge in [-0.25, -0.2) is 0 Å². The number of rotatable bonds is 21. The summed E-state index contributed by atoms with van der Waals surface area (Å²) >= 11 is 0. The number of unbranched alkanes of at least 4 members (excludes halogenated alkanes) is 1. The topological polar surface area (TPSA) is 459 Å². The monoisotopic (exact) mass is 1110 g/mol. The molecule has 10 amide bonds. The first-order valence-electron chi connectivity index (χ1n) is 24.8. The van der Waals surface area contributed by atoms with Gasteiger partial charge >= 0.3 is 0 Å². The van der Waals surface area contributed by atoms with Gasteiger partial charge in [0, 0.05) is 50.4 Å². The third-order valence-electron chi connectivity index (χ3n) is 12.0. The molecule has 2 aromatic rings. The molecule has 2 fully saturated rings. The summed E-state index contributed by atoms with van der Waals surface area (Å²) in [6, 6.07) is 5.17. The number of carbonyl (C=O) groups excluding carboxylic acids is 10. The average Bonchev–Trinajstić information content (AvgIpc) is 3.88. The van der Waals surface area contributed by atoms with Crippen LogP contribution in [0.25, 0.3) is 0 Å². The van der Waals surface area contributed by atoms with Crippen LogP contribution in [0.5, 0.6) is 5.75 Å². The Balaban J connectivity index is 1.70. The molecule has 0 aliphatic carbocycles. The van der Waals surface area contributed by atoms with Crippen molar-refractivity contribution in [1.82, 2.24) is 42.1 Å². The number of hydrogen-bond acceptors (Lipinski definition) is 15. The van der Waals surface area contributed by atoms with Crippen molar-refractivity contribution in [2.24, 2.45) is 44.4 Å². The Kier molecular flexibility index (Phi) is 25.6. The van der Waals surface area contributed by atoms with Gasteiger partial charge in [-0.3, -0.25) is 57.9 Å². The highest BCUT2D eigenvalue weighted by atomic mass is 33.1. The zero-order valence-electron chi connectivity index (χ0n) is 42.4. The lowest BCUT2D eigenvalue weighted by Gasteiger charge is -2.31. The molecule has 2 heterocycles. The summed E-state index contributed by atoms with van der Waals surface area (Å²) in [5.41, 5.74) is 33.9. The number of nitrogens with one attached hydrogen (secondary N) is 7. The largest absolute Gasteiger partial charge is 0.508 e. The van der Waals surface area contributed by atoms with Gasteiger partial charge in [0.2, 0.25) is 59.1 Å². The molecule has 27 nitrogen and oxygen atoms in total. The number of nitrogens with zero attached hydrogens (tertiary/aromatic N) is 3. The number of likely N-dealkylation sites (tertiary alicyclic amines) is 1. The molecule has 2 saturated heterocycles. The van der Waals surface area contributed by atoms with Gasteiger partial charge in [-0.05, 0) is 68.2 Å². The minimum Gasteiger partial charge on any atom is -0.508 e. The molecule has 4 rings (SSSR count). The van der Waals surface area contributed by atoms with E-state index in [0.29, 0.717) is 24.0 Å². The highest BCUT2D eigenvalue weighted by Crippen LogP contribution is 2.26. The predicted molar refractivity (Wildman–Crippen MR) is 288 cm³/mol. The number of phenolic OH excluding ortho intramolecular Hbond substituents is 1. The van der Waals surface area contributed by atoms with Crippen LogP contribution in [0.1, 0.15) is 68.9 Å². The molecule has 29 heteroatoms. The molecule has 0 spiro atoms. The molecule has 0 bridgehead atoms. The highest BCUT2D eigenvalue weighted by Gasteiger charge is 2.40. The van der Waals surface area contributed by atoms with E-state index < -0.39 is 114 Å². The molecule has 0 aromatic heterocycles. The molecular formula is C48H70N16O11S2. The van der Waals surface area contributed by atoms with E-state index in [1.54, 1.807) is 42.5 Å². The van der Waals surface area contributed by atoms with Crippen LogP contribution < -0.4 is 71.6 Å². The molecule has 420 valence electrons. The Morgan fingerprint density at radius 2 is 1.27 bits per heavy atom. The van der Waals surface area contributed by atoms with E-state index in [-0.39, 0.29) is 100 Å². The Labute approximate surface area is 452 Å². The second-order valence-corrected chi connectivity index (χ2v) is 20.8. The van der Waals surface area contributed by atoms with Gasteiger partial charge in [0.05, 0.1) is 13.0 Å². The standard InChI is InChI=1S/C48H70N16O11S2/c49-37(66)24-34-44(73)63-35(46(75)64-20-7-12-36(64)45(74)60-30(11-6-19-56-48(53)54)40(69)57-25-38(50)67)26-77-76-21-17-39(68)58-32(23-28-13-15-29(65)16-14-28)42(71)61-33(22-27-8-2-1-3-9-27)43(72)59-31(41(70)62-34)10-4-5-18-55-47(51)52/h1-3,8-9,13-16,30-36,65H,4-7,10-12,17-26H2,(H2,49,66)(H2,50,67)(H,57,69)(H,58,68)(H,59,72)(H,60,74)(H,61,71)(H,62,70)(H,63,73)(H4,51,52,55)(H4,53,54,56)/t30-,31?,32-,33+,34+,35+,36+/m0/s1. The van der Waals surface area contributed by atoms with Crippen molar-refractivity contribution in [2.75, 3.05) is 37.7 Å². The third-order valence-corrected chi connectivity index (χ3v) is 14.4. The van der Waals surface area contributed by atoms with Crippen LogP contribution in [0.4, 0.5) is 0 Å². The highest BCUT2D eigenvalue weighted by molar-refractivity contribution is 8.76. The van der Waals surface area contributed by atoms with Crippen molar-refractivity contribution < 1.29 is 53.1 Å². The molecule has 1 unspecified atom stereocenters. The lowest BCUT2D eigenvalue weighted by atomic mass is 10.0. The second-order valence-electron chi connectivity index (χ2n) is 18.1. The zero-order chi connectivity index (χ0) is 56.4. The Morgan fingerprint density at radius 3 is 1.91 bits per heavy atom. The summed E-state index contributed by atoms with van der Waals surface area (Å²) in [7, 11) is 2.23. The first kappa shape index (κ1) is 61.7. The Bertz CT molecular complexity index is 2450. The molecule has 0 saturated carbocycles. The third kappa shape index (κ3) is 22.1. The summed E-state index contributed by atoms with van der Waals surface area (Å²) in [6.45, 7) is -0.206. The molecule has 0 radical (unpaired) electrons. The van der Waals surface area contributed by atoms with Crippen LogP contribution in [-0.2, 0) is 60.8 Å². The fraction of sp³-hybridized carbons (Fsp3) is 0.500. The van der Waals surface area contributed by atoms with E-state index in [0.717, 1.165) is 21.6 Å². The Hall–Kier alpha value is -7.82. The maximum atomic E-state index is 14.6. The fourth-order valence-electron chi connectivity index (χ4n) is 8.16. The molecule has 2 aromatic carbocycles. The normalized spacial score (nSPS) is 21.3. The number of aromatic hydroxyl groups is 1. The number of phenols is 1. The van der Waals surface area contributed by atoms with Crippen LogP contribution >= 0.6 is 21.6 Å². The van der Waals surface area contributed by atoms with E-state index in [1.165, 1.54) is 17.0 Å². The summed E-state index contributed by atoms with van der Waals surface area (Å²) < 4.78 is 0. The average molecular weight is 1110 g/mol. The smallest absolute Gasteiger partial charge is 0.246 e. The molecule has 2 aliphatic heterocycles. The van der Waals surface area contributed by atoms with Crippen LogP contribution in [0.15, 0.2) is 64.6 Å². The summed E-state index contributed by atoms with van der Waals surface area (Å²) in [5.74, 6) is -8.54. The van der Waals surface area contributed by atoms with Crippen molar-refractivity contribution in [1.29, 1.82) is 0 Å². The number of nitrogens with two attached hydrogens (primary N) is 6. The van der Waals surface area contributed by atoms with E-state index in [4.69, 9.17) is 34.4 Å². The minimum absolute atomic E-state index is 0.0222. The summed E-state index contributed by atoms with van der Waals surface area (Å²) in [4.78, 5) is 146. The number of amides is 10. The number of hydrogen-bond donors (Lipinski definition) is 14. The van der Waals surface area contributed by atoms with Gasteiger partial charge < -0.3 is 81.6 Å². The van der Waals surface area contributed by atoms with Gasteiger partial charge in [0.25, 0.3) is 0 Å². The zero-order valence-corrected chi connectivity index (χ0v) is 44.0. The lowest BCUT2D eigenvalue weighted by molar-refractivity contribution is -0.142. The quantitative estimate of drug-likeness (QED) is 0.0244. The number of guanidine groups is 2. The van der Waals surface area contributed by atoms with E-state index in [2.05, 4.69) is 47.2 Å². The van der Waals surface area contributed by atoms with Crippen LogP contribution in [0.2, 0.25) is 0 Å². The van der Waals surface area contributed by atoms with Crippen LogP contribution in [0.3, 0.4) is 0 Å². The van der Waals surface area contributed by atoms with Crippen molar-refractivity contribution in [2.45, 2.75) is 113 Å². The Morgan fingerprint density at radius 1 is 0.688 bits per heavy atom. The van der Waals surface area contributed by atoms with E-state index >= 15 is 0 Å². The molecular weight excluding hydrogens is 1040 g/mol. The van der Waals surface area contributed by atoms with Gasteiger partial charge in [0.15, 0.2) is 11.9 Å². The maximum Gasteiger partial charge on any atom is 0.246 e. The first-order chi connectivity index (χ1) is 36.7. The van der Waals surface area contributed by atoms with Gasteiger partial charge in [-0.2, -0.15) is 0 Å². The molecule has 7 atom stereocenters. The number of benzene rings is 2. The van der Waals surface area contributed by atoms with Gasteiger partial charge in [-0.15, -0.1) is 0 Å². The maximum absolute atomic E-state index is 14.6. The lowest BCUT2D eigenvalue weighted by Crippen LogP contribution is -2.61. The van der Waals surface area contributed by atoms with Gasteiger partial charge in [0.1, 0.15) is 48.0 Å². The SMILES string of the molecule is NC(=O)CNC(=O)[C@H](CCCN=C(N)N)NC(=O)[C@H]1CCCN1C(=O)[C@H]1CSSCCC(=O)N[C@@H](Cc2ccc(O)cc2)C(=O)N[C@H](Cc2ccccc2)C(=O)NC(CCCCN=C(N)N)C(=O)N[C@H](CC(N)=O)C(=O)N1. The minimum atomic E-state index is -1.71. The van der Waals surface area contributed by atoms with Crippen molar-refractivity contribution in [3.8, 4) is 5.75 Å². The van der Waals surface area contributed by atoms with Crippen molar-refractivity contribution in [3.05, 3.63) is 65.7 Å². The summed E-state index contributed by atoms with van der Waals surface area (Å²) in [6.07, 6.45) is 0.231. The van der Waals surface area contributed by atoms with E-state index in [1.807, 2.05) is 0 Å². The first-order valence-corrected chi connectivity index (χ1v) is 27.3. The number of aliphatic imine (C=N–C) groups is 2. The van der Waals surface area contributed by atoms with Crippen LogP contribution in [0, 0.1) is 0 Å². The predicted octanol–water partition coefficient (Wildman–Crippen LogP) is -4.16. The van der Waals surface area contributed by atoms with E-state index in [9.17, 15) is 53.1 Å². The van der Waals surface area contributed by atoms with Crippen LogP contribution in [-0.4, -0.2) is 161 Å².